The first-order valence-corrected chi connectivity index (χ1v) is 13.8. The number of nitrogens with one attached hydrogen (secondary N) is 2. The normalized spacial score (nSPS) is 16.5. The molecule has 1 fully saturated rings. The third kappa shape index (κ3) is 7.72. The molecule has 0 radical (unpaired) electrons. The molecular weight excluding hydrogens is 462 g/mol. The summed E-state index contributed by atoms with van der Waals surface area (Å²) in [5.74, 6) is -1.04. The maximum absolute atomic E-state index is 13.9. The summed E-state index contributed by atoms with van der Waals surface area (Å²) in [5.41, 5.74) is 4.74. The molecule has 1 aliphatic carbocycles. The Hall–Kier alpha value is -2.56. The van der Waals surface area contributed by atoms with Crippen molar-refractivity contribution in [3.63, 3.8) is 0 Å². The molecule has 0 spiro atoms. The molecule has 0 heterocycles. The first-order valence-electron chi connectivity index (χ1n) is 13.8. The van der Waals surface area contributed by atoms with Crippen molar-refractivity contribution in [2.75, 3.05) is 6.54 Å². The van der Waals surface area contributed by atoms with Crippen LogP contribution in [0.3, 0.4) is 0 Å². The summed E-state index contributed by atoms with van der Waals surface area (Å²) in [6.07, 6.45) is 7.46. The van der Waals surface area contributed by atoms with Gasteiger partial charge in [0.15, 0.2) is 0 Å². The molecular formula is C33H42F2N2. The summed E-state index contributed by atoms with van der Waals surface area (Å²) >= 11 is 0. The van der Waals surface area contributed by atoms with Crippen LogP contribution in [0.4, 0.5) is 8.78 Å². The molecule has 1 unspecified atom stereocenters. The van der Waals surface area contributed by atoms with Crippen LogP contribution in [0.25, 0.3) is 0 Å². The van der Waals surface area contributed by atoms with E-state index < -0.39 is 11.6 Å². The monoisotopic (exact) mass is 504 g/mol. The van der Waals surface area contributed by atoms with Crippen molar-refractivity contribution in [3.8, 4) is 0 Å². The van der Waals surface area contributed by atoms with Crippen molar-refractivity contribution in [1.29, 1.82) is 0 Å². The van der Waals surface area contributed by atoms with Crippen LogP contribution >= 0.6 is 0 Å². The Morgan fingerprint density at radius 2 is 1.51 bits per heavy atom. The predicted molar refractivity (Wildman–Crippen MR) is 150 cm³/mol. The van der Waals surface area contributed by atoms with Gasteiger partial charge in [-0.25, -0.2) is 8.78 Å². The van der Waals surface area contributed by atoms with Crippen LogP contribution in [0.2, 0.25) is 0 Å². The second-order valence-corrected chi connectivity index (χ2v) is 11.7. The van der Waals surface area contributed by atoms with Crippen molar-refractivity contribution < 1.29 is 8.78 Å². The second kappa shape index (κ2) is 12.3. The van der Waals surface area contributed by atoms with E-state index in [1.807, 2.05) is 18.2 Å². The SMILES string of the molecule is CC(C)(C)c1cccc(C2(NCCC(Cc3cc(F)cc(F)c3)NCc3ccccc3)CCCCC2)c1. The Kier molecular flexibility index (Phi) is 9.15. The molecule has 2 nitrogen and oxygen atoms in total. The van der Waals surface area contributed by atoms with Crippen LogP contribution in [0.15, 0.2) is 72.8 Å². The first-order chi connectivity index (χ1) is 17.7. The molecule has 0 bridgehead atoms. The Morgan fingerprint density at radius 3 is 2.19 bits per heavy atom. The number of rotatable bonds is 10. The van der Waals surface area contributed by atoms with E-state index in [9.17, 15) is 8.78 Å². The largest absolute Gasteiger partial charge is 0.310 e. The number of hydrogen-bond donors (Lipinski definition) is 2. The zero-order chi connectivity index (χ0) is 26.3. The highest BCUT2D eigenvalue weighted by atomic mass is 19.1. The van der Waals surface area contributed by atoms with Gasteiger partial charge in [0.05, 0.1) is 0 Å². The molecule has 0 amide bonds. The van der Waals surface area contributed by atoms with Crippen molar-refractivity contribution in [2.24, 2.45) is 0 Å². The summed E-state index contributed by atoms with van der Waals surface area (Å²) in [6.45, 7) is 8.37. The van der Waals surface area contributed by atoms with E-state index in [1.165, 1.54) is 48.1 Å². The van der Waals surface area contributed by atoms with Gasteiger partial charge in [-0.3, -0.25) is 0 Å². The van der Waals surface area contributed by atoms with Crippen LogP contribution in [-0.4, -0.2) is 12.6 Å². The van der Waals surface area contributed by atoms with Crippen LogP contribution in [0.1, 0.15) is 81.5 Å². The third-order valence-corrected chi connectivity index (χ3v) is 7.79. The molecule has 3 aromatic rings. The summed E-state index contributed by atoms with van der Waals surface area (Å²) < 4.78 is 27.8. The number of halogens is 2. The Balaban J connectivity index is 1.49. The minimum atomic E-state index is -0.519. The van der Waals surface area contributed by atoms with Gasteiger partial charge in [-0.15, -0.1) is 0 Å². The molecule has 37 heavy (non-hydrogen) atoms. The molecule has 2 N–H and O–H groups in total. The van der Waals surface area contributed by atoms with E-state index in [1.54, 1.807) is 0 Å². The van der Waals surface area contributed by atoms with Gasteiger partial charge in [-0.2, -0.15) is 0 Å². The van der Waals surface area contributed by atoms with Gasteiger partial charge >= 0.3 is 0 Å². The van der Waals surface area contributed by atoms with Gasteiger partial charge in [0.1, 0.15) is 11.6 Å². The molecule has 0 saturated heterocycles. The molecule has 1 aliphatic rings. The van der Waals surface area contributed by atoms with Crippen molar-refractivity contribution in [2.45, 2.75) is 89.3 Å². The van der Waals surface area contributed by atoms with Crippen LogP contribution in [0, 0.1) is 11.6 Å². The minimum absolute atomic E-state index is 0.0194. The average Bonchev–Trinajstić information content (AvgIpc) is 2.87. The summed E-state index contributed by atoms with van der Waals surface area (Å²) in [7, 11) is 0. The van der Waals surface area contributed by atoms with Gasteiger partial charge < -0.3 is 10.6 Å². The lowest BCUT2D eigenvalue weighted by Gasteiger charge is -2.40. The first kappa shape index (κ1) is 27.5. The van der Waals surface area contributed by atoms with E-state index in [4.69, 9.17) is 0 Å². The Bertz CT molecular complexity index is 1110. The Morgan fingerprint density at radius 1 is 0.811 bits per heavy atom. The van der Waals surface area contributed by atoms with E-state index in [-0.39, 0.29) is 17.0 Å². The van der Waals surface area contributed by atoms with Gasteiger partial charge in [-0.1, -0.05) is 94.6 Å². The summed E-state index contributed by atoms with van der Waals surface area (Å²) in [6, 6.07) is 23.4. The lowest BCUT2D eigenvalue weighted by Crippen LogP contribution is -2.46. The quantitative estimate of drug-likeness (QED) is 0.294. The predicted octanol–water partition coefficient (Wildman–Crippen LogP) is 7.80. The molecule has 198 valence electrons. The number of benzene rings is 3. The van der Waals surface area contributed by atoms with Crippen molar-refractivity contribution >= 4 is 0 Å². The zero-order valence-electron chi connectivity index (χ0n) is 22.6. The van der Waals surface area contributed by atoms with Crippen molar-refractivity contribution in [3.05, 3.63) is 107 Å². The van der Waals surface area contributed by atoms with E-state index in [0.29, 0.717) is 12.0 Å². The van der Waals surface area contributed by atoms with Gasteiger partial charge in [0, 0.05) is 24.2 Å². The minimum Gasteiger partial charge on any atom is -0.310 e. The zero-order valence-corrected chi connectivity index (χ0v) is 22.6. The van der Waals surface area contributed by atoms with E-state index in [0.717, 1.165) is 38.4 Å². The van der Waals surface area contributed by atoms with E-state index >= 15 is 0 Å². The third-order valence-electron chi connectivity index (χ3n) is 7.79. The average molecular weight is 505 g/mol. The summed E-state index contributed by atoms with van der Waals surface area (Å²) in [4.78, 5) is 0. The fraction of sp³-hybridized carbons (Fsp3) is 0.455. The highest BCUT2D eigenvalue weighted by Crippen LogP contribution is 2.38. The molecule has 4 heteroatoms. The highest BCUT2D eigenvalue weighted by Gasteiger charge is 2.34. The molecule has 1 saturated carbocycles. The highest BCUT2D eigenvalue weighted by molar-refractivity contribution is 5.34. The lowest BCUT2D eigenvalue weighted by atomic mass is 9.74. The summed E-state index contributed by atoms with van der Waals surface area (Å²) in [5, 5.41) is 7.64. The second-order valence-electron chi connectivity index (χ2n) is 11.7. The molecule has 4 rings (SSSR count). The fourth-order valence-corrected chi connectivity index (χ4v) is 5.64. The topological polar surface area (TPSA) is 24.1 Å². The standard InChI is InChI=1S/C33H42F2N2/c1-32(2,3)27-13-10-14-28(22-27)33(16-8-5-9-17-33)37-18-15-31(36-24-25-11-6-4-7-12-25)21-26-19-29(34)23-30(35)20-26/h4,6-7,10-14,19-20,22-23,31,36-37H,5,8-9,15-18,21,24H2,1-3H3. The maximum Gasteiger partial charge on any atom is 0.126 e. The van der Waals surface area contributed by atoms with Crippen LogP contribution in [0.5, 0.6) is 0 Å². The smallest absolute Gasteiger partial charge is 0.126 e. The lowest BCUT2D eigenvalue weighted by molar-refractivity contribution is 0.229. The maximum atomic E-state index is 13.9. The molecule has 3 aromatic carbocycles. The van der Waals surface area contributed by atoms with Crippen LogP contribution < -0.4 is 10.6 Å². The van der Waals surface area contributed by atoms with Crippen LogP contribution in [-0.2, 0) is 23.9 Å². The Labute approximate surface area is 221 Å². The van der Waals surface area contributed by atoms with E-state index in [2.05, 4.69) is 67.8 Å². The van der Waals surface area contributed by atoms with Gasteiger partial charge in [0.2, 0.25) is 0 Å². The van der Waals surface area contributed by atoms with Gasteiger partial charge in [-0.05, 0) is 72.0 Å². The fourth-order valence-electron chi connectivity index (χ4n) is 5.64. The van der Waals surface area contributed by atoms with Crippen molar-refractivity contribution in [1.82, 2.24) is 10.6 Å². The number of hydrogen-bond acceptors (Lipinski definition) is 2. The molecule has 0 aliphatic heterocycles. The molecule has 1 atom stereocenters. The van der Waals surface area contributed by atoms with Gasteiger partial charge in [0.25, 0.3) is 0 Å². The molecule has 0 aromatic heterocycles.